The van der Waals surface area contributed by atoms with Crippen molar-refractivity contribution in [1.29, 1.82) is 0 Å². The molecule has 1 heterocycles. The molecular weight excluding hydrogens is 281 g/mol. The quantitative estimate of drug-likeness (QED) is 0.889. The van der Waals surface area contributed by atoms with Crippen LogP contribution in [-0.4, -0.2) is 11.7 Å². The number of hydrogen-bond acceptors (Lipinski definition) is 3. The van der Waals surface area contributed by atoms with Crippen molar-refractivity contribution in [3.63, 3.8) is 0 Å². The summed E-state index contributed by atoms with van der Waals surface area (Å²) >= 11 is 6.03. The van der Waals surface area contributed by atoms with Gasteiger partial charge in [0.2, 0.25) is 0 Å². The molecule has 5 heteroatoms. The maximum Gasteiger partial charge on any atom is 0.133 e. The zero-order chi connectivity index (χ0) is 14.7. The fourth-order valence-electron chi connectivity index (χ4n) is 2.17. The summed E-state index contributed by atoms with van der Waals surface area (Å²) in [6, 6.07) is 7.60. The van der Waals surface area contributed by atoms with Gasteiger partial charge in [0.1, 0.15) is 23.4 Å². The third-order valence-corrected chi connectivity index (χ3v) is 3.65. The van der Waals surface area contributed by atoms with Gasteiger partial charge >= 0.3 is 0 Å². The van der Waals surface area contributed by atoms with Gasteiger partial charge in [-0.05, 0) is 29.8 Å². The van der Waals surface area contributed by atoms with Gasteiger partial charge in [0.25, 0.3) is 0 Å². The minimum Gasteiger partial charge on any atom is -0.463 e. The van der Waals surface area contributed by atoms with E-state index in [2.05, 4.69) is 0 Å². The van der Waals surface area contributed by atoms with Crippen LogP contribution >= 0.6 is 11.6 Å². The normalized spacial score (nSPS) is 14.2. The number of aliphatic hydroxyl groups is 1. The SMILES string of the molecule is CCc1ccc(C(O)C(CN)c2ccc(F)cc2Cl)o1. The first-order valence-electron chi connectivity index (χ1n) is 6.48. The molecule has 0 fully saturated rings. The Labute approximate surface area is 122 Å². The highest BCUT2D eigenvalue weighted by atomic mass is 35.5. The molecule has 3 N–H and O–H groups in total. The maximum absolute atomic E-state index is 13.1. The number of furan rings is 1. The number of rotatable bonds is 5. The van der Waals surface area contributed by atoms with Crippen molar-refractivity contribution in [2.75, 3.05) is 6.54 Å². The highest BCUT2D eigenvalue weighted by Gasteiger charge is 2.26. The van der Waals surface area contributed by atoms with E-state index < -0.39 is 17.8 Å². The molecule has 0 radical (unpaired) electrons. The maximum atomic E-state index is 13.1. The van der Waals surface area contributed by atoms with Crippen LogP contribution < -0.4 is 5.73 Å². The smallest absolute Gasteiger partial charge is 0.133 e. The van der Waals surface area contributed by atoms with Gasteiger partial charge in [-0.3, -0.25) is 0 Å². The van der Waals surface area contributed by atoms with Gasteiger partial charge in [-0.25, -0.2) is 4.39 Å². The number of benzene rings is 1. The van der Waals surface area contributed by atoms with Crippen molar-refractivity contribution in [3.8, 4) is 0 Å². The third kappa shape index (κ3) is 3.03. The fourth-order valence-corrected chi connectivity index (χ4v) is 2.48. The molecule has 3 nitrogen and oxygen atoms in total. The Balaban J connectivity index is 2.31. The Bertz CT molecular complexity index is 585. The summed E-state index contributed by atoms with van der Waals surface area (Å²) in [5, 5.41) is 10.7. The second-order valence-electron chi connectivity index (χ2n) is 4.61. The molecule has 0 aliphatic carbocycles. The van der Waals surface area contributed by atoms with Gasteiger partial charge in [-0.2, -0.15) is 0 Å². The summed E-state index contributed by atoms with van der Waals surface area (Å²) in [6.45, 7) is 2.14. The molecule has 0 saturated carbocycles. The lowest BCUT2D eigenvalue weighted by atomic mass is 9.92. The molecule has 1 aromatic heterocycles. The highest BCUT2D eigenvalue weighted by molar-refractivity contribution is 6.31. The van der Waals surface area contributed by atoms with E-state index in [1.165, 1.54) is 12.1 Å². The first kappa shape index (κ1) is 15.0. The average molecular weight is 298 g/mol. The minimum atomic E-state index is -0.914. The van der Waals surface area contributed by atoms with Crippen LogP contribution in [0, 0.1) is 5.82 Å². The molecule has 0 bridgehead atoms. The van der Waals surface area contributed by atoms with Gasteiger partial charge in [-0.1, -0.05) is 24.6 Å². The third-order valence-electron chi connectivity index (χ3n) is 3.32. The van der Waals surface area contributed by atoms with E-state index in [1.807, 2.05) is 13.0 Å². The standard InChI is InChI=1S/C15H17ClFNO2/c1-2-10-4-6-14(20-10)15(19)12(8-18)11-5-3-9(17)7-13(11)16/h3-7,12,15,19H,2,8,18H2,1H3. The van der Waals surface area contributed by atoms with Crippen molar-refractivity contribution in [2.45, 2.75) is 25.4 Å². The number of hydrogen-bond donors (Lipinski definition) is 2. The Hall–Kier alpha value is -1.36. The first-order chi connectivity index (χ1) is 9.56. The lowest BCUT2D eigenvalue weighted by Gasteiger charge is -2.21. The van der Waals surface area contributed by atoms with Crippen LogP contribution in [0.1, 0.15) is 36.0 Å². The summed E-state index contributed by atoms with van der Waals surface area (Å²) in [7, 11) is 0. The van der Waals surface area contributed by atoms with E-state index in [0.717, 1.165) is 12.2 Å². The summed E-state index contributed by atoms with van der Waals surface area (Å²) in [4.78, 5) is 0. The Kier molecular flexibility index (Phi) is 4.81. The Morgan fingerprint density at radius 1 is 1.35 bits per heavy atom. The van der Waals surface area contributed by atoms with Gasteiger partial charge in [0.05, 0.1) is 0 Å². The molecule has 0 aliphatic rings. The van der Waals surface area contributed by atoms with E-state index >= 15 is 0 Å². The number of aliphatic hydroxyl groups excluding tert-OH is 1. The lowest BCUT2D eigenvalue weighted by molar-refractivity contribution is 0.120. The topological polar surface area (TPSA) is 59.4 Å². The molecule has 2 unspecified atom stereocenters. The van der Waals surface area contributed by atoms with E-state index in [9.17, 15) is 9.50 Å². The van der Waals surface area contributed by atoms with E-state index in [4.69, 9.17) is 21.8 Å². The van der Waals surface area contributed by atoms with E-state index in [1.54, 1.807) is 12.1 Å². The van der Waals surface area contributed by atoms with Crippen molar-refractivity contribution >= 4 is 11.6 Å². The fraction of sp³-hybridized carbons (Fsp3) is 0.333. The molecule has 0 amide bonds. The van der Waals surface area contributed by atoms with Gasteiger partial charge in [-0.15, -0.1) is 0 Å². The van der Waals surface area contributed by atoms with E-state index in [-0.39, 0.29) is 11.6 Å². The van der Waals surface area contributed by atoms with E-state index in [0.29, 0.717) is 11.3 Å². The molecule has 1 aromatic carbocycles. The predicted octanol–water partition coefficient (Wildman–Crippen LogP) is 3.41. The molecule has 2 rings (SSSR count). The molecule has 2 aromatic rings. The molecular formula is C15H17ClFNO2. The summed E-state index contributed by atoms with van der Waals surface area (Å²) in [6.07, 6.45) is -0.166. The molecule has 2 atom stereocenters. The van der Waals surface area contributed by atoms with Crippen LogP contribution in [0.5, 0.6) is 0 Å². The van der Waals surface area contributed by atoms with Crippen LogP contribution in [-0.2, 0) is 6.42 Å². The van der Waals surface area contributed by atoms with Crippen molar-refractivity contribution < 1.29 is 13.9 Å². The van der Waals surface area contributed by atoms with Gasteiger partial charge in [0.15, 0.2) is 0 Å². The second-order valence-corrected chi connectivity index (χ2v) is 5.02. The van der Waals surface area contributed by atoms with Crippen molar-refractivity contribution in [3.05, 3.63) is 58.3 Å². The van der Waals surface area contributed by atoms with Gasteiger partial charge in [0, 0.05) is 23.9 Å². The number of halogens is 2. The predicted molar refractivity (Wildman–Crippen MR) is 76.3 cm³/mol. The monoisotopic (exact) mass is 297 g/mol. The number of aryl methyl sites for hydroxylation is 1. The molecule has 0 spiro atoms. The van der Waals surface area contributed by atoms with Crippen LogP contribution in [0.3, 0.4) is 0 Å². The van der Waals surface area contributed by atoms with Crippen LogP contribution in [0.15, 0.2) is 34.7 Å². The summed E-state index contributed by atoms with van der Waals surface area (Å²) in [5.74, 6) is 0.368. The Morgan fingerprint density at radius 3 is 2.65 bits per heavy atom. The molecule has 0 aliphatic heterocycles. The average Bonchev–Trinajstić information content (AvgIpc) is 2.90. The molecule has 108 valence electrons. The van der Waals surface area contributed by atoms with Crippen LogP contribution in [0.2, 0.25) is 5.02 Å². The Morgan fingerprint density at radius 2 is 2.10 bits per heavy atom. The van der Waals surface area contributed by atoms with Crippen molar-refractivity contribution in [1.82, 2.24) is 0 Å². The molecule has 0 saturated heterocycles. The zero-order valence-electron chi connectivity index (χ0n) is 11.1. The largest absolute Gasteiger partial charge is 0.463 e. The highest BCUT2D eigenvalue weighted by Crippen LogP contribution is 2.35. The second kappa shape index (κ2) is 6.39. The zero-order valence-corrected chi connectivity index (χ0v) is 11.9. The summed E-state index contributed by atoms with van der Waals surface area (Å²) in [5.41, 5.74) is 6.34. The van der Waals surface area contributed by atoms with Crippen molar-refractivity contribution in [2.24, 2.45) is 5.73 Å². The minimum absolute atomic E-state index is 0.175. The summed E-state index contributed by atoms with van der Waals surface area (Å²) < 4.78 is 18.6. The molecule has 20 heavy (non-hydrogen) atoms. The lowest BCUT2D eigenvalue weighted by Crippen LogP contribution is -2.20. The van der Waals surface area contributed by atoms with Gasteiger partial charge < -0.3 is 15.3 Å². The van der Waals surface area contributed by atoms with Crippen LogP contribution in [0.4, 0.5) is 4.39 Å². The first-order valence-corrected chi connectivity index (χ1v) is 6.86. The van der Waals surface area contributed by atoms with Crippen LogP contribution in [0.25, 0.3) is 0 Å². The number of nitrogens with two attached hydrogens (primary N) is 1.